The molecule has 1 N–H and O–H groups in total. The molecule has 1 saturated heterocycles. The van der Waals surface area contributed by atoms with E-state index in [0.717, 1.165) is 24.2 Å². The van der Waals surface area contributed by atoms with Gasteiger partial charge in [0.25, 0.3) is 0 Å². The molecule has 1 fully saturated rings. The molecule has 0 spiro atoms. The van der Waals surface area contributed by atoms with Gasteiger partial charge >= 0.3 is 0 Å². The zero-order valence-electron chi connectivity index (χ0n) is 17.2. The van der Waals surface area contributed by atoms with Crippen LogP contribution in [-0.4, -0.2) is 36.7 Å². The maximum atomic E-state index is 14.4. The van der Waals surface area contributed by atoms with Crippen molar-refractivity contribution in [2.75, 3.05) is 24.6 Å². The number of carbonyl (C=O) groups is 1. The Bertz CT molecular complexity index is 829. The summed E-state index contributed by atoms with van der Waals surface area (Å²) in [6, 6.07) is 9.02. The number of amides is 1. The number of ether oxygens (including phenoxy) is 2. The highest BCUT2D eigenvalue weighted by Crippen LogP contribution is 2.27. The van der Waals surface area contributed by atoms with Crippen LogP contribution >= 0.6 is 0 Å². The lowest BCUT2D eigenvalue weighted by atomic mass is 10.1. The third-order valence-corrected chi connectivity index (χ3v) is 4.82. The lowest BCUT2D eigenvalue weighted by Gasteiger charge is -2.19. The average Bonchev–Trinajstić information content (AvgIpc) is 3.14. The van der Waals surface area contributed by atoms with Crippen molar-refractivity contribution in [1.29, 1.82) is 0 Å². The summed E-state index contributed by atoms with van der Waals surface area (Å²) in [5.74, 6) is 1.10. The first-order valence-electron chi connectivity index (χ1n) is 10.0. The number of aromatic nitrogens is 1. The molecular formula is C22H28FN3O3. The molecular weight excluding hydrogens is 373 g/mol. The van der Waals surface area contributed by atoms with Gasteiger partial charge in [-0.15, -0.1) is 0 Å². The lowest BCUT2D eigenvalue weighted by Crippen LogP contribution is -2.26. The Kier molecular flexibility index (Phi) is 6.90. The molecule has 0 bridgehead atoms. The molecule has 0 saturated carbocycles. The summed E-state index contributed by atoms with van der Waals surface area (Å²) in [4.78, 5) is 17.3. The fourth-order valence-corrected chi connectivity index (χ4v) is 3.38. The summed E-state index contributed by atoms with van der Waals surface area (Å²) >= 11 is 0. The SMILES string of the molecule is CCCOc1cnc(N2CCC(Oc3ccc([C@H](C)NC(C)=O)cc3)C2)c(F)c1. The second kappa shape index (κ2) is 9.58. The number of hydrogen-bond donors (Lipinski definition) is 1. The summed E-state index contributed by atoms with van der Waals surface area (Å²) in [6.07, 6.45) is 3.18. The van der Waals surface area contributed by atoms with Crippen molar-refractivity contribution in [3.63, 3.8) is 0 Å². The molecule has 1 unspecified atom stereocenters. The standard InChI is InChI=1S/C22H28FN3O3/c1-4-11-28-20-12-21(23)22(24-13-20)26-10-9-19(14-26)29-18-7-5-17(6-8-18)15(2)25-16(3)27/h5-8,12-13,15,19H,4,9-11,14H2,1-3H3,(H,25,27)/t15-,19?/m0/s1. The molecule has 1 aliphatic heterocycles. The Morgan fingerprint density at radius 2 is 2.10 bits per heavy atom. The van der Waals surface area contributed by atoms with Crippen LogP contribution in [-0.2, 0) is 4.79 Å². The van der Waals surface area contributed by atoms with Gasteiger partial charge in [-0.3, -0.25) is 4.79 Å². The fraction of sp³-hybridized carbons (Fsp3) is 0.455. The normalized spacial score (nSPS) is 17.1. The fourth-order valence-electron chi connectivity index (χ4n) is 3.38. The predicted molar refractivity (Wildman–Crippen MR) is 110 cm³/mol. The summed E-state index contributed by atoms with van der Waals surface area (Å²) < 4.78 is 25.9. The van der Waals surface area contributed by atoms with Crippen LogP contribution in [0.15, 0.2) is 36.5 Å². The average molecular weight is 401 g/mol. The molecule has 156 valence electrons. The van der Waals surface area contributed by atoms with Crippen molar-refractivity contribution in [3.8, 4) is 11.5 Å². The second-order valence-corrected chi connectivity index (χ2v) is 7.29. The molecule has 0 radical (unpaired) electrons. The number of pyridine rings is 1. The summed E-state index contributed by atoms with van der Waals surface area (Å²) in [7, 11) is 0. The van der Waals surface area contributed by atoms with E-state index in [4.69, 9.17) is 9.47 Å². The van der Waals surface area contributed by atoms with E-state index >= 15 is 0 Å². The predicted octanol–water partition coefficient (Wildman–Crippen LogP) is 3.86. The van der Waals surface area contributed by atoms with Gasteiger partial charge in [-0.2, -0.15) is 0 Å². The van der Waals surface area contributed by atoms with E-state index in [1.807, 2.05) is 43.0 Å². The molecule has 6 nitrogen and oxygen atoms in total. The van der Waals surface area contributed by atoms with Gasteiger partial charge in [0.1, 0.15) is 17.6 Å². The first-order chi connectivity index (χ1) is 14.0. The first-order valence-corrected chi connectivity index (χ1v) is 10.0. The molecule has 0 aliphatic carbocycles. The van der Waals surface area contributed by atoms with Crippen LogP contribution in [0.25, 0.3) is 0 Å². The molecule has 1 amide bonds. The van der Waals surface area contributed by atoms with E-state index in [0.29, 0.717) is 31.3 Å². The molecule has 29 heavy (non-hydrogen) atoms. The Morgan fingerprint density at radius 1 is 1.34 bits per heavy atom. The highest BCUT2D eigenvalue weighted by molar-refractivity contribution is 5.73. The number of rotatable bonds is 8. The van der Waals surface area contributed by atoms with Crippen molar-refractivity contribution < 1.29 is 18.7 Å². The highest BCUT2D eigenvalue weighted by Gasteiger charge is 2.27. The van der Waals surface area contributed by atoms with Crippen molar-refractivity contribution in [2.24, 2.45) is 0 Å². The van der Waals surface area contributed by atoms with Gasteiger partial charge in [-0.05, 0) is 31.0 Å². The van der Waals surface area contributed by atoms with Crippen LogP contribution in [0.4, 0.5) is 10.2 Å². The summed E-state index contributed by atoms with van der Waals surface area (Å²) in [5, 5.41) is 2.86. The number of carbonyl (C=O) groups excluding carboxylic acids is 1. The van der Waals surface area contributed by atoms with Crippen molar-refractivity contribution >= 4 is 11.7 Å². The largest absolute Gasteiger partial charge is 0.492 e. The third-order valence-electron chi connectivity index (χ3n) is 4.82. The van der Waals surface area contributed by atoms with Gasteiger partial charge in [0.15, 0.2) is 11.6 Å². The maximum absolute atomic E-state index is 14.4. The zero-order chi connectivity index (χ0) is 20.8. The molecule has 7 heteroatoms. The Labute approximate surface area is 171 Å². The third kappa shape index (κ3) is 5.59. The van der Waals surface area contributed by atoms with Crippen LogP contribution in [0.2, 0.25) is 0 Å². The first kappa shape index (κ1) is 20.9. The molecule has 1 aromatic heterocycles. The van der Waals surface area contributed by atoms with Gasteiger partial charge in [-0.1, -0.05) is 19.1 Å². The quantitative estimate of drug-likeness (QED) is 0.728. The zero-order valence-corrected chi connectivity index (χ0v) is 17.2. The second-order valence-electron chi connectivity index (χ2n) is 7.29. The lowest BCUT2D eigenvalue weighted by molar-refractivity contribution is -0.119. The molecule has 2 heterocycles. The summed E-state index contributed by atoms with van der Waals surface area (Å²) in [6.45, 7) is 7.24. The van der Waals surface area contributed by atoms with Gasteiger partial charge in [0, 0.05) is 26.0 Å². The van der Waals surface area contributed by atoms with E-state index in [-0.39, 0.29) is 23.9 Å². The van der Waals surface area contributed by atoms with Gasteiger partial charge in [0.05, 0.1) is 25.4 Å². The van der Waals surface area contributed by atoms with Crippen LogP contribution in [0.3, 0.4) is 0 Å². The number of anilines is 1. The van der Waals surface area contributed by atoms with Crippen LogP contribution in [0, 0.1) is 5.82 Å². The maximum Gasteiger partial charge on any atom is 0.217 e. The highest BCUT2D eigenvalue weighted by atomic mass is 19.1. The van der Waals surface area contributed by atoms with E-state index in [1.165, 1.54) is 13.0 Å². The number of benzene rings is 1. The van der Waals surface area contributed by atoms with Gasteiger partial charge in [0.2, 0.25) is 5.91 Å². The van der Waals surface area contributed by atoms with Crippen LogP contribution in [0.5, 0.6) is 11.5 Å². The van der Waals surface area contributed by atoms with Crippen molar-refractivity contribution in [2.45, 2.75) is 45.8 Å². The Hall–Kier alpha value is -2.83. The van der Waals surface area contributed by atoms with Crippen LogP contribution < -0.4 is 19.7 Å². The molecule has 1 aromatic carbocycles. The minimum Gasteiger partial charge on any atom is -0.492 e. The number of hydrogen-bond acceptors (Lipinski definition) is 5. The Balaban J connectivity index is 1.56. The Morgan fingerprint density at radius 3 is 2.76 bits per heavy atom. The minimum absolute atomic E-state index is 0.0363. The molecule has 3 rings (SSSR count). The van der Waals surface area contributed by atoms with Gasteiger partial charge in [-0.25, -0.2) is 9.37 Å². The molecule has 1 aliphatic rings. The topological polar surface area (TPSA) is 63.7 Å². The number of halogens is 1. The van der Waals surface area contributed by atoms with E-state index in [1.54, 1.807) is 6.20 Å². The molecule has 2 atom stereocenters. The summed E-state index contributed by atoms with van der Waals surface area (Å²) in [5.41, 5.74) is 1.01. The monoisotopic (exact) mass is 401 g/mol. The van der Waals surface area contributed by atoms with Crippen molar-refractivity contribution in [1.82, 2.24) is 10.3 Å². The van der Waals surface area contributed by atoms with E-state index in [2.05, 4.69) is 10.3 Å². The molecule has 2 aromatic rings. The smallest absolute Gasteiger partial charge is 0.217 e. The minimum atomic E-state index is -0.379. The van der Waals surface area contributed by atoms with Crippen LogP contribution in [0.1, 0.15) is 45.2 Å². The number of nitrogens with zero attached hydrogens (tertiary/aromatic N) is 2. The van der Waals surface area contributed by atoms with Gasteiger partial charge < -0.3 is 19.7 Å². The van der Waals surface area contributed by atoms with E-state index in [9.17, 15) is 9.18 Å². The van der Waals surface area contributed by atoms with Crippen molar-refractivity contribution in [3.05, 3.63) is 47.9 Å². The number of nitrogens with one attached hydrogen (secondary N) is 1. The van der Waals surface area contributed by atoms with E-state index < -0.39 is 0 Å².